The number of carbonyl (C=O) groups is 1. The number of methoxy groups -OCH3 is 1. The lowest BCUT2D eigenvalue weighted by atomic mass is 9.97. The molecule has 1 N–H and O–H groups in total. The molecule has 0 saturated heterocycles. The van der Waals surface area contributed by atoms with Gasteiger partial charge in [-0.2, -0.15) is 0 Å². The van der Waals surface area contributed by atoms with Gasteiger partial charge in [-0.3, -0.25) is 4.79 Å². The van der Waals surface area contributed by atoms with Gasteiger partial charge in [0.2, 0.25) is 10.0 Å². The number of halogens is 2. The van der Waals surface area contributed by atoms with Gasteiger partial charge in [0.25, 0.3) is 0 Å². The van der Waals surface area contributed by atoms with E-state index in [9.17, 15) is 17.6 Å². The molecule has 0 radical (unpaired) electrons. The van der Waals surface area contributed by atoms with Gasteiger partial charge in [0, 0.05) is 11.4 Å². The van der Waals surface area contributed by atoms with Crippen LogP contribution in [0.1, 0.15) is 35.6 Å². The van der Waals surface area contributed by atoms with Crippen LogP contribution in [0.2, 0.25) is 5.02 Å². The number of benzene rings is 3. The third kappa shape index (κ3) is 7.39. The van der Waals surface area contributed by atoms with Crippen LogP contribution < -0.4 is 4.72 Å². The second-order valence-corrected chi connectivity index (χ2v) is 9.78. The molecule has 1 atom stereocenters. The smallest absolute Gasteiger partial charge is 0.305 e. The Morgan fingerprint density at radius 3 is 2.18 bits per heavy atom. The van der Waals surface area contributed by atoms with E-state index in [2.05, 4.69) is 9.46 Å². The van der Waals surface area contributed by atoms with Crippen LogP contribution in [0.4, 0.5) is 4.39 Å². The summed E-state index contributed by atoms with van der Waals surface area (Å²) in [4.78, 5) is 11.4. The van der Waals surface area contributed by atoms with Crippen LogP contribution in [0.3, 0.4) is 0 Å². The van der Waals surface area contributed by atoms with E-state index in [-0.39, 0.29) is 16.7 Å². The third-order valence-electron chi connectivity index (χ3n) is 5.23. The van der Waals surface area contributed by atoms with Gasteiger partial charge in [-0.25, -0.2) is 17.5 Å². The van der Waals surface area contributed by atoms with Crippen molar-refractivity contribution in [2.45, 2.75) is 36.6 Å². The average molecular weight is 490 g/mol. The second kappa shape index (κ2) is 11.4. The van der Waals surface area contributed by atoms with Crippen molar-refractivity contribution in [2.24, 2.45) is 0 Å². The van der Waals surface area contributed by atoms with Crippen LogP contribution >= 0.6 is 11.6 Å². The molecule has 174 valence electrons. The summed E-state index contributed by atoms with van der Waals surface area (Å²) in [5.74, 6) is -0.601. The molecule has 3 rings (SSSR count). The molecule has 0 aliphatic carbocycles. The molecule has 0 fully saturated rings. The fourth-order valence-electron chi connectivity index (χ4n) is 3.41. The first kappa shape index (κ1) is 24.9. The van der Waals surface area contributed by atoms with E-state index in [1.54, 1.807) is 12.1 Å². The predicted molar refractivity (Wildman–Crippen MR) is 126 cm³/mol. The number of hydrogen-bond donors (Lipinski definition) is 1. The minimum Gasteiger partial charge on any atom is -0.469 e. The summed E-state index contributed by atoms with van der Waals surface area (Å²) in [5.41, 5.74) is 2.60. The highest BCUT2D eigenvalue weighted by molar-refractivity contribution is 7.89. The van der Waals surface area contributed by atoms with Crippen LogP contribution in [0.5, 0.6) is 0 Å². The first-order chi connectivity index (χ1) is 15.8. The van der Waals surface area contributed by atoms with E-state index in [4.69, 9.17) is 11.6 Å². The Labute approximate surface area is 198 Å². The van der Waals surface area contributed by atoms with Gasteiger partial charge in [0.05, 0.1) is 18.0 Å². The molecular weight excluding hydrogens is 465 g/mol. The van der Waals surface area contributed by atoms with E-state index in [0.717, 1.165) is 16.7 Å². The van der Waals surface area contributed by atoms with Crippen molar-refractivity contribution >= 4 is 27.6 Å². The van der Waals surface area contributed by atoms with Crippen molar-refractivity contribution in [2.75, 3.05) is 7.11 Å². The minimum absolute atomic E-state index is 0.107. The highest BCUT2D eigenvalue weighted by atomic mass is 35.5. The predicted octanol–water partition coefficient (Wildman–Crippen LogP) is 5.24. The van der Waals surface area contributed by atoms with Crippen LogP contribution in [0, 0.1) is 5.82 Å². The number of aryl methyl sites for hydroxylation is 1. The zero-order valence-corrected chi connectivity index (χ0v) is 19.7. The molecule has 0 amide bonds. The number of esters is 1. The Bertz CT molecular complexity index is 1160. The van der Waals surface area contributed by atoms with Gasteiger partial charge in [0.1, 0.15) is 5.82 Å². The maximum absolute atomic E-state index is 13.3. The molecule has 0 spiro atoms. The summed E-state index contributed by atoms with van der Waals surface area (Å²) in [6.07, 6.45) is 2.05. The number of sulfonamides is 1. The maximum Gasteiger partial charge on any atom is 0.305 e. The number of nitrogens with one attached hydrogen (secondary N) is 1. The van der Waals surface area contributed by atoms with Gasteiger partial charge < -0.3 is 4.74 Å². The first-order valence-electron chi connectivity index (χ1n) is 10.4. The van der Waals surface area contributed by atoms with Crippen LogP contribution in [0.25, 0.3) is 0 Å². The van der Waals surface area contributed by atoms with Gasteiger partial charge >= 0.3 is 5.97 Å². The highest BCUT2D eigenvalue weighted by Crippen LogP contribution is 2.24. The van der Waals surface area contributed by atoms with E-state index in [0.29, 0.717) is 30.7 Å². The second-order valence-electron chi connectivity index (χ2n) is 7.63. The Hall–Kier alpha value is -2.74. The van der Waals surface area contributed by atoms with Crippen molar-refractivity contribution < 1.29 is 22.3 Å². The molecule has 3 aromatic rings. The molecule has 0 heterocycles. The van der Waals surface area contributed by atoms with E-state index >= 15 is 0 Å². The summed E-state index contributed by atoms with van der Waals surface area (Å²) in [6, 6.07) is 18.9. The highest BCUT2D eigenvalue weighted by Gasteiger charge is 2.22. The van der Waals surface area contributed by atoms with Crippen LogP contribution in [-0.4, -0.2) is 21.5 Å². The molecular formula is C25H25ClFNO4S. The molecule has 33 heavy (non-hydrogen) atoms. The normalized spacial score (nSPS) is 12.3. The van der Waals surface area contributed by atoms with E-state index in [1.807, 2.05) is 24.3 Å². The molecule has 0 aromatic heterocycles. The maximum atomic E-state index is 13.3. The third-order valence-corrected chi connectivity index (χ3v) is 6.97. The summed E-state index contributed by atoms with van der Waals surface area (Å²) in [7, 11) is -2.46. The summed E-state index contributed by atoms with van der Waals surface area (Å²) >= 11 is 5.89. The summed E-state index contributed by atoms with van der Waals surface area (Å²) < 4.78 is 46.8. The molecule has 1 unspecified atom stereocenters. The monoisotopic (exact) mass is 489 g/mol. The summed E-state index contributed by atoms with van der Waals surface area (Å²) in [6.45, 7) is 0. The van der Waals surface area contributed by atoms with Crippen molar-refractivity contribution in [3.63, 3.8) is 0 Å². The number of hydrogen-bond acceptors (Lipinski definition) is 4. The fourth-order valence-corrected chi connectivity index (χ4v) is 4.76. The molecule has 0 aliphatic heterocycles. The lowest BCUT2D eigenvalue weighted by Gasteiger charge is -2.20. The quantitative estimate of drug-likeness (QED) is 0.395. The lowest BCUT2D eigenvalue weighted by Crippen LogP contribution is -2.30. The topological polar surface area (TPSA) is 72.5 Å². The molecule has 3 aromatic carbocycles. The van der Waals surface area contributed by atoms with E-state index in [1.165, 1.54) is 43.5 Å². The van der Waals surface area contributed by atoms with E-state index < -0.39 is 16.1 Å². The van der Waals surface area contributed by atoms with Gasteiger partial charge in [-0.1, -0.05) is 48.0 Å². The average Bonchev–Trinajstić information content (AvgIpc) is 2.80. The SMILES string of the molecule is COC(=O)CCCc1ccc(C(Cc2ccc(F)cc2)NS(=O)(=O)c2ccc(Cl)cc2)cc1. The Kier molecular flexibility index (Phi) is 8.61. The fraction of sp³-hybridized carbons (Fsp3) is 0.240. The molecule has 5 nitrogen and oxygen atoms in total. The van der Waals surface area contributed by atoms with Crippen molar-refractivity contribution in [1.82, 2.24) is 4.72 Å². The lowest BCUT2D eigenvalue weighted by molar-refractivity contribution is -0.140. The summed E-state index contributed by atoms with van der Waals surface area (Å²) in [5, 5.41) is 0.444. The number of rotatable bonds is 10. The van der Waals surface area contributed by atoms with Crippen molar-refractivity contribution in [3.05, 3.63) is 100 Å². The number of ether oxygens (including phenoxy) is 1. The Morgan fingerprint density at radius 2 is 1.58 bits per heavy atom. The largest absolute Gasteiger partial charge is 0.469 e. The number of carbonyl (C=O) groups excluding carboxylic acids is 1. The molecule has 0 saturated carbocycles. The van der Waals surface area contributed by atoms with Gasteiger partial charge in [-0.05, 0) is 72.4 Å². The van der Waals surface area contributed by atoms with Crippen LogP contribution in [0.15, 0.2) is 77.7 Å². The van der Waals surface area contributed by atoms with Crippen molar-refractivity contribution in [1.29, 1.82) is 0 Å². The standard InChI is InChI=1S/C25H25ClFNO4S/c1-32-25(29)4-2-3-18-5-9-20(10-6-18)24(17-19-7-13-22(27)14-8-19)28-33(30,31)23-15-11-21(26)12-16-23/h5-16,24,28H,2-4,17H2,1H3. The Balaban J connectivity index is 1.81. The molecule has 8 heteroatoms. The minimum atomic E-state index is -3.82. The zero-order chi connectivity index (χ0) is 23.8. The first-order valence-corrected chi connectivity index (χ1v) is 12.3. The zero-order valence-electron chi connectivity index (χ0n) is 18.1. The van der Waals surface area contributed by atoms with Gasteiger partial charge in [-0.15, -0.1) is 0 Å². The molecule has 0 bridgehead atoms. The Morgan fingerprint density at radius 1 is 0.970 bits per heavy atom. The van der Waals surface area contributed by atoms with Crippen molar-refractivity contribution in [3.8, 4) is 0 Å². The van der Waals surface area contributed by atoms with Crippen LogP contribution in [-0.2, 0) is 32.4 Å². The van der Waals surface area contributed by atoms with Gasteiger partial charge in [0.15, 0.2) is 0 Å². The molecule has 0 aliphatic rings.